The van der Waals surface area contributed by atoms with Crippen molar-refractivity contribution in [3.63, 3.8) is 0 Å². The van der Waals surface area contributed by atoms with Crippen LogP contribution in [0, 0.1) is 0 Å². The Morgan fingerprint density at radius 1 is 1.36 bits per heavy atom. The first-order chi connectivity index (χ1) is 6.49. The fraction of sp³-hybridized carbons (Fsp3) is 0.222. The van der Waals surface area contributed by atoms with Gasteiger partial charge in [0.05, 0.1) is 0 Å². The molecule has 14 heavy (non-hydrogen) atoms. The number of aldehydes is 1. The van der Waals surface area contributed by atoms with E-state index in [1.54, 1.807) is 0 Å². The van der Waals surface area contributed by atoms with E-state index in [9.17, 15) is 18.0 Å². The van der Waals surface area contributed by atoms with Crippen LogP contribution < -0.4 is 4.46 Å². The molecule has 1 nitrogen and oxygen atoms in total. The number of halogens is 3. The maximum atomic E-state index is 12.2. The van der Waals surface area contributed by atoms with Gasteiger partial charge in [-0.1, -0.05) is 0 Å². The molecule has 0 N–H and O–H groups in total. The molecule has 0 spiro atoms. The number of benzene rings is 1. The van der Waals surface area contributed by atoms with Crippen LogP contribution in [0.25, 0.3) is 0 Å². The van der Waals surface area contributed by atoms with Crippen LogP contribution in [0.2, 0.25) is 5.82 Å². The first kappa shape index (κ1) is 11.3. The van der Waals surface area contributed by atoms with Crippen molar-refractivity contribution in [2.75, 3.05) is 0 Å². The second-order valence-corrected chi connectivity index (χ2v) is 4.35. The van der Waals surface area contributed by atoms with Crippen LogP contribution in [-0.2, 0) is 6.18 Å². The van der Waals surface area contributed by atoms with Gasteiger partial charge in [0.25, 0.3) is 0 Å². The summed E-state index contributed by atoms with van der Waals surface area (Å²) >= 11 is 0.0281. The molecular weight excluding hydrogens is 260 g/mol. The van der Waals surface area contributed by atoms with Crippen LogP contribution in [0.3, 0.4) is 0 Å². The van der Waals surface area contributed by atoms with Gasteiger partial charge in [0.1, 0.15) is 0 Å². The van der Waals surface area contributed by atoms with Crippen molar-refractivity contribution in [3.05, 3.63) is 29.3 Å². The van der Waals surface area contributed by atoms with E-state index in [-0.39, 0.29) is 20.5 Å². The van der Waals surface area contributed by atoms with E-state index in [0.29, 0.717) is 10.7 Å². The fourth-order valence-corrected chi connectivity index (χ4v) is 2.15. The Labute approximate surface area is 85.5 Å². The molecule has 0 saturated heterocycles. The molecule has 0 saturated carbocycles. The SMILES string of the molecule is C[Se]c1ccc(C(F)(F)F)cc1C=O. The van der Waals surface area contributed by atoms with Crippen molar-refractivity contribution in [1.29, 1.82) is 0 Å². The number of hydrogen-bond acceptors (Lipinski definition) is 1. The van der Waals surface area contributed by atoms with Gasteiger partial charge >= 0.3 is 85.0 Å². The summed E-state index contributed by atoms with van der Waals surface area (Å²) in [4.78, 5) is 10.5. The molecule has 0 heterocycles. The van der Waals surface area contributed by atoms with E-state index in [2.05, 4.69) is 0 Å². The molecule has 1 rings (SSSR count). The maximum absolute atomic E-state index is 12.2. The summed E-state index contributed by atoms with van der Waals surface area (Å²) in [5.41, 5.74) is -0.630. The second-order valence-electron chi connectivity index (χ2n) is 2.57. The van der Waals surface area contributed by atoms with Crippen molar-refractivity contribution >= 4 is 25.7 Å². The number of hydrogen-bond donors (Lipinski definition) is 0. The predicted molar refractivity (Wildman–Crippen MR) is 48.1 cm³/mol. The number of carbonyl (C=O) groups excluding carboxylic acids is 1. The predicted octanol–water partition coefficient (Wildman–Crippen LogP) is 1.90. The van der Waals surface area contributed by atoms with Gasteiger partial charge in [-0.3, -0.25) is 0 Å². The Morgan fingerprint density at radius 3 is 2.43 bits per heavy atom. The van der Waals surface area contributed by atoms with Crippen molar-refractivity contribution < 1.29 is 18.0 Å². The first-order valence-electron chi connectivity index (χ1n) is 3.69. The summed E-state index contributed by atoms with van der Waals surface area (Å²) < 4.78 is 37.4. The average Bonchev–Trinajstić information content (AvgIpc) is 2.15. The number of rotatable bonds is 2. The quantitative estimate of drug-likeness (QED) is 0.590. The van der Waals surface area contributed by atoms with Gasteiger partial charge in [0.15, 0.2) is 0 Å². The molecule has 0 aromatic heterocycles. The Balaban J connectivity index is 3.21. The van der Waals surface area contributed by atoms with Gasteiger partial charge in [-0.05, 0) is 0 Å². The zero-order valence-corrected chi connectivity index (χ0v) is 8.97. The third-order valence-corrected chi connectivity index (χ3v) is 3.39. The van der Waals surface area contributed by atoms with Crippen LogP contribution in [0.4, 0.5) is 13.2 Å². The Hall–Kier alpha value is -0.801. The Bertz CT molecular complexity index is 346. The van der Waals surface area contributed by atoms with Gasteiger partial charge in [-0.25, -0.2) is 0 Å². The van der Waals surface area contributed by atoms with Crippen LogP contribution >= 0.6 is 0 Å². The molecule has 0 aliphatic carbocycles. The molecule has 0 bridgehead atoms. The van der Waals surface area contributed by atoms with Crippen molar-refractivity contribution in [2.45, 2.75) is 12.0 Å². The summed E-state index contributed by atoms with van der Waals surface area (Å²) in [7, 11) is 0. The van der Waals surface area contributed by atoms with Gasteiger partial charge in [0.2, 0.25) is 0 Å². The third kappa shape index (κ3) is 2.36. The minimum absolute atomic E-state index is 0.0281. The van der Waals surface area contributed by atoms with Crippen LogP contribution in [-0.4, -0.2) is 21.2 Å². The summed E-state index contributed by atoms with van der Waals surface area (Å²) in [6.07, 6.45) is -3.91. The molecule has 1 aromatic carbocycles. The molecule has 1 aromatic rings. The van der Waals surface area contributed by atoms with Crippen molar-refractivity contribution in [3.8, 4) is 0 Å². The fourth-order valence-electron chi connectivity index (χ4n) is 1.00. The van der Waals surface area contributed by atoms with E-state index in [1.807, 2.05) is 5.82 Å². The normalized spacial score (nSPS) is 11.4. The van der Waals surface area contributed by atoms with Crippen LogP contribution in [0.1, 0.15) is 15.9 Å². The average molecular weight is 267 g/mol. The standard InChI is InChI=1S/C9H7F3OSe/c1-14-8-3-2-7(9(10,11)12)4-6(8)5-13/h2-5H,1H3. The molecule has 76 valence electrons. The van der Waals surface area contributed by atoms with E-state index in [4.69, 9.17) is 0 Å². The summed E-state index contributed by atoms with van der Waals surface area (Å²) in [5, 5.41) is 0. The first-order valence-corrected chi connectivity index (χ1v) is 6.26. The molecule has 0 unspecified atom stereocenters. The van der Waals surface area contributed by atoms with Gasteiger partial charge in [-0.2, -0.15) is 0 Å². The van der Waals surface area contributed by atoms with E-state index < -0.39 is 11.7 Å². The molecule has 0 aliphatic heterocycles. The zero-order valence-electron chi connectivity index (χ0n) is 7.26. The number of alkyl halides is 3. The molecule has 0 radical (unpaired) electrons. The minimum atomic E-state index is -4.38. The van der Waals surface area contributed by atoms with Crippen molar-refractivity contribution in [2.24, 2.45) is 0 Å². The molecule has 0 fully saturated rings. The summed E-state index contributed by atoms with van der Waals surface area (Å²) in [6.45, 7) is 0. The van der Waals surface area contributed by atoms with E-state index in [1.165, 1.54) is 6.07 Å². The zero-order chi connectivity index (χ0) is 10.8. The van der Waals surface area contributed by atoms with Gasteiger partial charge in [0, 0.05) is 0 Å². The van der Waals surface area contributed by atoms with Gasteiger partial charge in [-0.15, -0.1) is 0 Å². The summed E-state index contributed by atoms with van der Waals surface area (Å²) in [6, 6.07) is 3.27. The van der Waals surface area contributed by atoms with Crippen LogP contribution in [0.5, 0.6) is 0 Å². The third-order valence-electron chi connectivity index (χ3n) is 1.68. The Kier molecular flexibility index (Phi) is 3.34. The second kappa shape index (κ2) is 4.15. The van der Waals surface area contributed by atoms with E-state index >= 15 is 0 Å². The molecule has 0 aliphatic rings. The monoisotopic (exact) mass is 268 g/mol. The molecule has 0 amide bonds. The topological polar surface area (TPSA) is 17.1 Å². The molecule has 5 heteroatoms. The van der Waals surface area contributed by atoms with Crippen molar-refractivity contribution in [1.82, 2.24) is 0 Å². The van der Waals surface area contributed by atoms with Gasteiger partial charge < -0.3 is 0 Å². The molecule has 0 atom stereocenters. The Morgan fingerprint density at radius 2 is 2.00 bits per heavy atom. The van der Waals surface area contributed by atoms with E-state index in [0.717, 1.165) is 12.1 Å². The molecular formula is C9H7F3OSe. The number of carbonyl (C=O) groups is 1. The van der Waals surface area contributed by atoms with Crippen LogP contribution in [0.15, 0.2) is 18.2 Å². The summed E-state index contributed by atoms with van der Waals surface area (Å²) in [5.74, 6) is 1.85.